The first kappa shape index (κ1) is 16.1. The molecule has 0 saturated carbocycles. The molecule has 2 rings (SSSR count). The second-order valence-electron chi connectivity index (χ2n) is 4.83. The normalized spacial score (nSPS) is 11.9. The Bertz CT molecular complexity index is 762. The molecule has 0 aliphatic heterocycles. The Morgan fingerprint density at radius 1 is 1.19 bits per heavy atom. The molecule has 0 atom stereocenters. The minimum absolute atomic E-state index is 0.0571. The van der Waals surface area contributed by atoms with E-state index < -0.39 is 15.8 Å². The molecule has 0 aliphatic rings. The molecule has 3 nitrogen and oxygen atoms in total. The third-order valence-electron chi connectivity index (χ3n) is 3.09. The van der Waals surface area contributed by atoms with Crippen molar-refractivity contribution in [3.8, 4) is 0 Å². The van der Waals surface area contributed by atoms with Crippen molar-refractivity contribution < 1.29 is 12.8 Å². The van der Waals surface area contributed by atoms with Crippen molar-refractivity contribution in [1.82, 2.24) is 4.31 Å². The SMILES string of the molecule is Cc1cccc(CN(C)S(=O)(=O)c2ccc(Br)c(F)c2)c1. The van der Waals surface area contributed by atoms with E-state index in [0.29, 0.717) is 0 Å². The van der Waals surface area contributed by atoms with Gasteiger partial charge in [-0.25, -0.2) is 12.8 Å². The largest absolute Gasteiger partial charge is 0.243 e. The predicted molar refractivity (Wildman–Crippen MR) is 83.9 cm³/mol. The van der Waals surface area contributed by atoms with Crippen molar-refractivity contribution in [1.29, 1.82) is 0 Å². The summed E-state index contributed by atoms with van der Waals surface area (Å²) in [5.41, 5.74) is 1.95. The van der Waals surface area contributed by atoms with Gasteiger partial charge in [-0.15, -0.1) is 0 Å². The van der Waals surface area contributed by atoms with Gasteiger partial charge in [0.25, 0.3) is 0 Å². The van der Waals surface area contributed by atoms with Crippen LogP contribution < -0.4 is 0 Å². The highest BCUT2D eigenvalue weighted by Crippen LogP contribution is 2.22. The van der Waals surface area contributed by atoms with E-state index in [1.54, 1.807) is 0 Å². The minimum Gasteiger partial charge on any atom is -0.207 e. The number of rotatable bonds is 4. The van der Waals surface area contributed by atoms with E-state index in [0.717, 1.165) is 17.2 Å². The van der Waals surface area contributed by atoms with Gasteiger partial charge < -0.3 is 0 Å². The van der Waals surface area contributed by atoms with Gasteiger partial charge in [-0.05, 0) is 46.6 Å². The smallest absolute Gasteiger partial charge is 0.207 e. The van der Waals surface area contributed by atoms with Crippen molar-refractivity contribution in [3.63, 3.8) is 0 Å². The van der Waals surface area contributed by atoms with Crippen LogP contribution in [0.25, 0.3) is 0 Å². The van der Waals surface area contributed by atoms with Crippen LogP contribution >= 0.6 is 15.9 Å². The molecule has 0 bridgehead atoms. The predicted octanol–water partition coefficient (Wildman–Crippen LogP) is 3.72. The lowest BCUT2D eigenvalue weighted by Gasteiger charge is -2.17. The third kappa shape index (κ3) is 3.70. The van der Waals surface area contributed by atoms with Gasteiger partial charge in [0.05, 0.1) is 9.37 Å². The average Bonchev–Trinajstić information content (AvgIpc) is 2.41. The summed E-state index contributed by atoms with van der Waals surface area (Å²) in [4.78, 5) is -0.0571. The summed E-state index contributed by atoms with van der Waals surface area (Å²) >= 11 is 3.01. The second-order valence-corrected chi connectivity index (χ2v) is 7.73. The molecule has 6 heteroatoms. The number of sulfonamides is 1. The van der Waals surface area contributed by atoms with E-state index in [1.165, 1.54) is 23.5 Å². The molecule has 112 valence electrons. The fourth-order valence-corrected chi connectivity index (χ4v) is 3.39. The van der Waals surface area contributed by atoms with Crippen LogP contribution in [0.15, 0.2) is 51.8 Å². The van der Waals surface area contributed by atoms with Gasteiger partial charge in [-0.1, -0.05) is 29.8 Å². The van der Waals surface area contributed by atoms with Gasteiger partial charge in [-0.2, -0.15) is 4.31 Å². The average molecular weight is 372 g/mol. The van der Waals surface area contributed by atoms with Crippen LogP contribution in [0.3, 0.4) is 0 Å². The summed E-state index contributed by atoms with van der Waals surface area (Å²) < 4.78 is 39.8. The molecule has 0 spiro atoms. The first-order valence-electron chi connectivity index (χ1n) is 6.27. The molecule has 0 amide bonds. The summed E-state index contributed by atoms with van der Waals surface area (Å²) in [6.07, 6.45) is 0. The lowest BCUT2D eigenvalue weighted by molar-refractivity contribution is 0.465. The van der Waals surface area contributed by atoms with Gasteiger partial charge in [0.1, 0.15) is 5.82 Å². The first-order valence-corrected chi connectivity index (χ1v) is 8.51. The summed E-state index contributed by atoms with van der Waals surface area (Å²) in [7, 11) is -2.23. The standard InChI is InChI=1S/C15H15BrFNO2S/c1-11-4-3-5-12(8-11)10-18(2)21(19,20)13-6-7-14(16)15(17)9-13/h3-9H,10H2,1-2H3. The number of benzene rings is 2. The Morgan fingerprint density at radius 2 is 1.90 bits per heavy atom. The van der Waals surface area contributed by atoms with Crippen molar-refractivity contribution in [2.75, 3.05) is 7.05 Å². The van der Waals surface area contributed by atoms with E-state index in [1.807, 2.05) is 31.2 Å². The van der Waals surface area contributed by atoms with Crippen LogP contribution in [0.5, 0.6) is 0 Å². The zero-order valence-electron chi connectivity index (χ0n) is 11.7. The topological polar surface area (TPSA) is 37.4 Å². The Kier molecular flexibility index (Phi) is 4.81. The lowest BCUT2D eigenvalue weighted by atomic mass is 10.1. The van der Waals surface area contributed by atoms with E-state index in [4.69, 9.17) is 0 Å². The van der Waals surface area contributed by atoms with E-state index >= 15 is 0 Å². The molecule has 0 aliphatic carbocycles. The maximum Gasteiger partial charge on any atom is 0.243 e. The molecule has 2 aromatic carbocycles. The molecule has 0 saturated heterocycles. The second kappa shape index (κ2) is 6.25. The Balaban J connectivity index is 2.28. The van der Waals surface area contributed by atoms with Crippen molar-refractivity contribution >= 4 is 26.0 Å². The quantitative estimate of drug-likeness (QED) is 0.821. The molecule has 0 fully saturated rings. The summed E-state index contributed by atoms with van der Waals surface area (Å²) in [6, 6.07) is 11.4. The minimum atomic E-state index is -3.72. The van der Waals surface area contributed by atoms with Crippen LogP contribution in [0.1, 0.15) is 11.1 Å². The van der Waals surface area contributed by atoms with Crippen molar-refractivity contribution in [3.05, 3.63) is 63.9 Å². The van der Waals surface area contributed by atoms with Crippen LogP contribution in [0.4, 0.5) is 4.39 Å². The fraction of sp³-hybridized carbons (Fsp3) is 0.200. The molecule has 0 aromatic heterocycles. The fourth-order valence-electron chi connectivity index (χ4n) is 1.97. The summed E-state index contributed by atoms with van der Waals surface area (Å²) in [5.74, 6) is -0.597. The Morgan fingerprint density at radius 3 is 2.52 bits per heavy atom. The monoisotopic (exact) mass is 371 g/mol. The number of hydrogen-bond acceptors (Lipinski definition) is 2. The van der Waals surface area contributed by atoms with Crippen LogP contribution in [0, 0.1) is 12.7 Å². The third-order valence-corrected chi connectivity index (χ3v) is 5.53. The summed E-state index contributed by atoms with van der Waals surface area (Å²) in [6.45, 7) is 2.18. The maximum absolute atomic E-state index is 13.5. The molecule has 21 heavy (non-hydrogen) atoms. The number of halogens is 2. The van der Waals surface area contributed by atoms with Crippen molar-refractivity contribution in [2.24, 2.45) is 0 Å². The Hall–Kier alpha value is -1.24. The highest BCUT2D eigenvalue weighted by molar-refractivity contribution is 9.10. The lowest BCUT2D eigenvalue weighted by Crippen LogP contribution is -2.26. The zero-order valence-corrected chi connectivity index (χ0v) is 14.1. The van der Waals surface area contributed by atoms with Gasteiger partial charge in [0.2, 0.25) is 10.0 Å². The Labute approximate surface area is 132 Å². The molecule has 0 N–H and O–H groups in total. The highest BCUT2D eigenvalue weighted by Gasteiger charge is 2.22. The van der Waals surface area contributed by atoms with Crippen LogP contribution in [-0.2, 0) is 16.6 Å². The zero-order chi connectivity index (χ0) is 15.6. The highest BCUT2D eigenvalue weighted by atomic mass is 79.9. The summed E-state index contributed by atoms with van der Waals surface area (Å²) in [5, 5.41) is 0. The molecular weight excluding hydrogens is 357 g/mol. The molecule has 2 aromatic rings. The van der Waals surface area contributed by atoms with Crippen LogP contribution in [-0.4, -0.2) is 19.8 Å². The molecular formula is C15H15BrFNO2S. The van der Waals surface area contributed by atoms with Gasteiger partial charge in [-0.3, -0.25) is 0 Å². The molecule has 0 unspecified atom stereocenters. The van der Waals surface area contributed by atoms with E-state index in [2.05, 4.69) is 15.9 Å². The first-order chi connectivity index (χ1) is 9.80. The van der Waals surface area contributed by atoms with Gasteiger partial charge in [0, 0.05) is 13.6 Å². The van der Waals surface area contributed by atoms with E-state index in [9.17, 15) is 12.8 Å². The molecule has 0 radical (unpaired) electrons. The number of hydrogen-bond donors (Lipinski definition) is 0. The van der Waals surface area contributed by atoms with Gasteiger partial charge >= 0.3 is 0 Å². The van der Waals surface area contributed by atoms with Gasteiger partial charge in [0.15, 0.2) is 0 Å². The van der Waals surface area contributed by atoms with E-state index in [-0.39, 0.29) is 15.9 Å². The van der Waals surface area contributed by atoms with Crippen LogP contribution in [0.2, 0.25) is 0 Å². The number of nitrogens with zero attached hydrogens (tertiary/aromatic N) is 1. The number of aryl methyl sites for hydroxylation is 1. The molecule has 0 heterocycles. The van der Waals surface area contributed by atoms with Crippen molar-refractivity contribution in [2.45, 2.75) is 18.4 Å². The maximum atomic E-state index is 13.5.